The van der Waals surface area contributed by atoms with Gasteiger partial charge in [-0.3, -0.25) is 4.79 Å². The highest BCUT2D eigenvalue weighted by Crippen LogP contribution is 2.27. The van der Waals surface area contributed by atoms with Crippen molar-refractivity contribution >= 4 is 57.9 Å². The summed E-state index contributed by atoms with van der Waals surface area (Å²) in [5.74, 6) is 0.392. The van der Waals surface area contributed by atoms with Crippen molar-refractivity contribution in [1.29, 1.82) is 0 Å². The van der Waals surface area contributed by atoms with Gasteiger partial charge in [0.1, 0.15) is 0 Å². The molecule has 1 N–H and O–H groups in total. The minimum atomic E-state index is -0.204. The molecule has 0 fully saturated rings. The first kappa shape index (κ1) is 16.3. The number of rotatable bonds is 5. The van der Waals surface area contributed by atoms with Crippen LogP contribution >= 0.6 is 46.3 Å². The number of benzene rings is 1. The van der Waals surface area contributed by atoms with E-state index in [1.807, 2.05) is 17.5 Å². The average molecular weight is 386 g/mol. The van der Waals surface area contributed by atoms with Gasteiger partial charge in [-0.15, -0.1) is 21.5 Å². The summed E-state index contributed by atoms with van der Waals surface area (Å²) in [6, 6.07) is 8.69. The van der Waals surface area contributed by atoms with E-state index in [1.165, 1.54) is 23.1 Å². The monoisotopic (exact) mass is 385 g/mol. The maximum absolute atomic E-state index is 11.9. The fourth-order valence-corrected chi connectivity index (χ4v) is 3.17. The van der Waals surface area contributed by atoms with Gasteiger partial charge in [-0.2, -0.15) is 0 Å². The molecule has 5 nitrogen and oxygen atoms in total. The predicted molar refractivity (Wildman–Crippen MR) is 93.4 cm³/mol. The predicted octanol–water partition coefficient (Wildman–Crippen LogP) is 4.84. The van der Waals surface area contributed by atoms with Gasteiger partial charge in [0.25, 0.3) is 11.1 Å². The molecule has 0 atom stereocenters. The molecular formula is C14H9Cl2N3O2S2. The fraction of sp³-hybridized carbons (Fsp3) is 0.0714. The van der Waals surface area contributed by atoms with Gasteiger partial charge in [-0.05, 0) is 29.6 Å². The van der Waals surface area contributed by atoms with Crippen LogP contribution in [0.25, 0.3) is 10.8 Å². The SMILES string of the molecule is O=C(CSc1nnc(-c2cccs2)o1)Nc1ccc(Cl)c(Cl)c1. The third-order valence-electron chi connectivity index (χ3n) is 2.67. The van der Waals surface area contributed by atoms with Gasteiger partial charge in [-0.25, -0.2) is 0 Å². The van der Waals surface area contributed by atoms with E-state index in [9.17, 15) is 4.79 Å². The van der Waals surface area contributed by atoms with Crippen molar-refractivity contribution in [1.82, 2.24) is 10.2 Å². The summed E-state index contributed by atoms with van der Waals surface area (Å²) in [6.07, 6.45) is 0. The number of thiophene rings is 1. The minimum absolute atomic E-state index is 0.145. The lowest BCUT2D eigenvalue weighted by molar-refractivity contribution is -0.113. The number of hydrogen-bond donors (Lipinski definition) is 1. The van der Waals surface area contributed by atoms with E-state index >= 15 is 0 Å². The quantitative estimate of drug-likeness (QED) is 0.636. The van der Waals surface area contributed by atoms with Crippen LogP contribution in [0, 0.1) is 0 Å². The van der Waals surface area contributed by atoms with Crippen LogP contribution in [0.15, 0.2) is 45.4 Å². The van der Waals surface area contributed by atoms with Gasteiger partial charge in [0, 0.05) is 5.69 Å². The number of thioether (sulfide) groups is 1. The molecule has 0 aliphatic carbocycles. The van der Waals surface area contributed by atoms with Crippen LogP contribution in [0.4, 0.5) is 5.69 Å². The zero-order valence-electron chi connectivity index (χ0n) is 11.5. The summed E-state index contributed by atoms with van der Waals surface area (Å²) >= 11 is 14.4. The zero-order valence-corrected chi connectivity index (χ0v) is 14.6. The van der Waals surface area contributed by atoms with Gasteiger partial charge >= 0.3 is 0 Å². The van der Waals surface area contributed by atoms with E-state index in [1.54, 1.807) is 18.2 Å². The van der Waals surface area contributed by atoms with Crippen LogP contribution < -0.4 is 5.32 Å². The highest BCUT2D eigenvalue weighted by atomic mass is 35.5. The van der Waals surface area contributed by atoms with Gasteiger partial charge in [-0.1, -0.05) is 41.0 Å². The molecule has 118 valence electrons. The molecule has 0 spiro atoms. The Morgan fingerprint density at radius 1 is 1.26 bits per heavy atom. The van der Waals surface area contributed by atoms with Crippen LogP contribution in [0.1, 0.15) is 0 Å². The molecule has 3 rings (SSSR count). The third-order valence-corrected chi connectivity index (χ3v) is 5.08. The molecular weight excluding hydrogens is 377 g/mol. The van der Waals surface area contributed by atoms with E-state index in [4.69, 9.17) is 27.6 Å². The maximum atomic E-state index is 11.9. The van der Waals surface area contributed by atoms with E-state index in [0.717, 1.165) is 4.88 Å². The van der Waals surface area contributed by atoms with E-state index < -0.39 is 0 Å². The van der Waals surface area contributed by atoms with Gasteiger partial charge in [0.15, 0.2) is 0 Å². The number of nitrogens with one attached hydrogen (secondary N) is 1. The first-order valence-electron chi connectivity index (χ1n) is 6.37. The summed E-state index contributed by atoms with van der Waals surface area (Å²) < 4.78 is 5.50. The Bertz CT molecular complexity index is 821. The molecule has 23 heavy (non-hydrogen) atoms. The number of halogens is 2. The van der Waals surface area contributed by atoms with Crippen LogP contribution in [0.3, 0.4) is 0 Å². The number of carbonyl (C=O) groups is 1. The van der Waals surface area contributed by atoms with Crippen molar-refractivity contribution < 1.29 is 9.21 Å². The normalized spacial score (nSPS) is 10.7. The Hall–Kier alpha value is -1.54. The van der Waals surface area contributed by atoms with E-state index in [-0.39, 0.29) is 11.7 Å². The minimum Gasteiger partial charge on any atom is -0.410 e. The fourth-order valence-electron chi connectivity index (χ4n) is 1.67. The Labute approximate surface area is 150 Å². The summed E-state index contributed by atoms with van der Waals surface area (Å²) in [6.45, 7) is 0. The molecule has 0 bridgehead atoms. The van der Waals surface area contributed by atoms with Crippen molar-refractivity contribution in [2.45, 2.75) is 5.22 Å². The van der Waals surface area contributed by atoms with Crippen LogP contribution in [0.2, 0.25) is 10.0 Å². The summed E-state index contributed by atoms with van der Waals surface area (Å²) in [4.78, 5) is 12.8. The summed E-state index contributed by atoms with van der Waals surface area (Å²) in [7, 11) is 0. The molecule has 0 aliphatic heterocycles. The molecule has 3 aromatic rings. The topological polar surface area (TPSA) is 68.0 Å². The van der Waals surface area contributed by atoms with Crippen LogP contribution in [-0.2, 0) is 4.79 Å². The molecule has 2 heterocycles. The molecule has 0 unspecified atom stereocenters. The second-order valence-electron chi connectivity index (χ2n) is 4.32. The number of hydrogen-bond acceptors (Lipinski definition) is 6. The van der Waals surface area contributed by atoms with E-state index in [0.29, 0.717) is 26.8 Å². The first-order chi connectivity index (χ1) is 11.1. The Morgan fingerprint density at radius 3 is 2.87 bits per heavy atom. The second-order valence-corrected chi connectivity index (χ2v) is 7.00. The first-order valence-corrected chi connectivity index (χ1v) is 8.99. The highest BCUT2D eigenvalue weighted by molar-refractivity contribution is 7.99. The van der Waals surface area contributed by atoms with Crippen molar-refractivity contribution in [3.63, 3.8) is 0 Å². The highest BCUT2D eigenvalue weighted by Gasteiger charge is 2.12. The maximum Gasteiger partial charge on any atom is 0.277 e. The van der Waals surface area contributed by atoms with Crippen molar-refractivity contribution in [3.05, 3.63) is 45.8 Å². The molecule has 0 radical (unpaired) electrons. The molecule has 1 amide bonds. The Morgan fingerprint density at radius 2 is 2.13 bits per heavy atom. The number of carbonyl (C=O) groups excluding carboxylic acids is 1. The van der Waals surface area contributed by atoms with Crippen LogP contribution in [0.5, 0.6) is 0 Å². The van der Waals surface area contributed by atoms with Crippen molar-refractivity contribution in [2.24, 2.45) is 0 Å². The third kappa shape index (κ3) is 4.26. The largest absolute Gasteiger partial charge is 0.410 e. The molecule has 1 aromatic carbocycles. The average Bonchev–Trinajstić information content (AvgIpc) is 3.19. The van der Waals surface area contributed by atoms with Gasteiger partial charge in [0.2, 0.25) is 5.91 Å². The number of amides is 1. The Balaban J connectivity index is 1.55. The molecule has 0 aliphatic rings. The smallest absolute Gasteiger partial charge is 0.277 e. The second kappa shape index (κ2) is 7.35. The summed E-state index contributed by atoms with van der Waals surface area (Å²) in [5, 5.41) is 13.7. The molecule has 0 saturated heterocycles. The zero-order chi connectivity index (χ0) is 16.2. The molecule has 9 heteroatoms. The lowest BCUT2D eigenvalue weighted by Gasteiger charge is -2.05. The standard InChI is InChI=1S/C14H9Cl2N3O2S2/c15-9-4-3-8(6-10(9)16)17-12(20)7-23-14-19-18-13(21-14)11-2-1-5-22-11/h1-6H,7H2,(H,17,20). The van der Waals surface area contributed by atoms with Gasteiger partial charge < -0.3 is 9.73 Å². The lowest BCUT2D eigenvalue weighted by atomic mass is 10.3. The van der Waals surface area contributed by atoms with Crippen molar-refractivity contribution in [2.75, 3.05) is 11.1 Å². The number of nitrogens with zero attached hydrogens (tertiary/aromatic N) is 2. The van der Waals surface area contributed by atoms with Crippen LogP contribution in [-0.4, -0.2) is 21.9 Å². The lowest BCUT2D eigenvalue weighted by Crippen LogP contribution is -2.13. The number of aromatic nitrogens is 2. The summed E-state index contributed by atoms with van der Waals surface area (Å²) in [5.41, 5.74) is 0.579. The molecule has 2 aromatic heterocycles. The van der Waals surface area contributed by atoms with Gasteiger partial charge in [0.05, 0.1) is 20.7 Å². The van der Waals surface area contributed by atoms with E-state index in [2.05, 4.69) is 15.5 Å². The Kier molecular flexibility index (Phi) is 5.22. The molecule has 0 saturated carbocycles. The van der Waals surface area contributed by atoms with Crippen molar-refractivity contribution in [3.8, 4) is 10.8 Å². The number of anilines is 1.